The topological polar surface area (TPSA) is 59.1 Å². The van der Waals surface area contributed by atoms with Crippen LogP contribution in [0.25, 0.3) is 0 Å². The Hall–Kier alpha value is -2.30. The molecule has 0 amide bonds. The van der Waals surface area contributed by atoms with Crippen molar-refractivity contribution in [2.24, 2.45) is 0 Å². The summed E-state index contributed by atoms with van der Waals surface area (Å²) in [6, 6.07) is 7.99. The second kappa shape index (κ2) is 5.14. The van der Waals surface area contributed by atoms with E-state index in [1.807, 2.05) is 6.07 Å². The quantitative estimate of drug-likeness (QED) is 0.884. The maximum atomic E-state index is 5.08. The molecule has 0 spiro atoms. The molecule has 0 bridgehead atoms. The number of benzene rings is 1. The van der Waals surface area contributed by atoms with Crippen LogP contribution in [0.4, 0.5) is 17.3 Å². The molecule has 0 fully saturated rings. The summed E-state index contributed by atoms with van der Waals surface area (Å²) in [6.07, 6.45) is 3.96. The number of nitrogens with zero attached hydrogens (tertiary/aromatic N) is 2. The third-order valence-corrected chi connectivity index (χ3v) is 3.14. The fraction of sp³-hybridized carbons (Fsp3) is 0.286. The molecule has 0 aliphatic carbocycles. The molecule has 0 saturated heterocycles. The number of nitrogens with one attached hydrogen (secondary N) is 2. The van der Waals surface area contributed by atoms with E-state index in [1.165, 1.54) is 17.7 Å². The van der Waals surface area contributed by atoms with Gasteiger partial charge >= 0.3 is 0 Å². The fourth-order valence-corrected chi connectivity index (χ4v) is 2.20. The molecule has 5 heteroatoms. The smallest absolute Gasteiger partial charge is 0.230 e. The van der Waals surface area contributed by atoms with Crippen LogP contribution in [0.1, 0.15) is 12.0 Å². The maximum absolute atomic E-state index is 5.08. The van der Waals surface area contributed by atoms with Gasteiger partial charge in [-0.15, -0.1) is 0 Å². The van der Waals surface area contributed by atoms with Crippen molar-refractivity contribution in [1.82, 2.24) is 9.97 Å². The van der Waals surface area contributed by atoms with Crippen molar-refractivity contribution in [3.05, 3.63) is 36.0 Å². The van der Waals surface area contributed by atoms with Gasteiger partial charge in [0.2, 0.25) is 11.8 Å². The number of aryl methyl sites for hydroxylation is 1. The van der Waals surface area contributed by atoms with Crippen molar-refractivity contribution < 1.29 is 4.74 Å². The van der Waals surface area contributed by atoms with Gasteiger partial charge in [-0.25, -0.2) is 4.98 Å². The Bertz CT molecular complexity index is 585. The number of aromatic nitrogens is 2. The molecular formula is C14H16N4O. The van der Waals surface area contributed by atoms with Gasteiger partial charge in [0.15, 0.2) is 0 Å². The van der Waals surface area contributed by atoms with E-state index in [2.05, 4.69) is 32.7 Å². The highest BCUT2D eigenvalue weighted by atomic mass is 16.5. The predicted molar refractivity (Wildman–Crippen MR) is 75.1 cm³/mol. The van der Waals surface area contributed by atoms with Gasteiger partial charge in [0.1, 0.15) is 0 Å². The molecule has 0 unspecified atom stereocenters. The van der Waals surface area contributed by atoms with Crippen LogP contribution in [0, 0.1) is 0 Å². The summed E-state index contributed by atoms with van der Waals surface area (Å²) in [5.41, 5.74) is 3.55. The monoisotopic (exact) mass is 256 g/mol. The third-order valence-electron chi connectivity index (χ3n) is 3.14. The number of hydrogen-bond acceptors (Lipinski definition) is 5. The first kappa shape index (κ1) is 11.8. The van der Waals surface area contributed by atoms with Gasteiger partial charge < -0.3 is 15.4 Å². The number of rotatable bonds is 3. The molecule has 1 aromatic heterocycles. The molecule has 98 valence electrons. The van der Waals surface area contributed by atoms with Crippen LogP contribution >= 0.6 is 0 Å². The van der Waals surface area contributed by atoms with Gasteiger partial charge in [-0.05, 0) is 36.6 Å². The van der Waals surface area contributed by atoms with Gasteiger partial charge in [-0.3, -0.25) is 0 Å². The second-order valence-electron chi connectivity index (χ2n) is 4.45. The highest BCUT2D eigenvalue weighted by Gasteiger charge is 2.09. The molecular weight excluding hydrogens is 240 g/mol. The lowest BCUT2D eigenvalue weighted by molar-refractivity contribution is 0.397. The first-order chi connectivity index (χ1) is 9.35. The minimum Gasteiger partial charge on any atom is -0.481 e. The number of ether oxygens (including phenoxy) is 1. The van der Waals surface area contributed by atoms with Crippen LogP contribution in [0.15, 0.2) is 30.5 Å². The summed E-state index contributed by atoms with van der Waals surface area (Å²) in [6.45, 7) is 1.05. The van der Waals surface area contributed by atoms with Crippen LogP contribution in [0.5, 0.6) is 5.88 Å². The Balaban J connectivity index is 1.82. The minimum absolute atomic E-state index is 0.545. The Kier molecular flexibility index (Phi) is 3.18. The number of methoxy groups -OCH3 is 1. The van der Waals surface area contributed by atoms with E-state index in [9.17, 15) is 0 Å². The Morgan fingerprint density at radius 3 is 3.16 bits per heavy atom. The Labute approximate surface area is 112 Å². The van der Waals surface area contributed by atoms with Gasteiger partial charge in [0, 0.05) is 30.2 Å². The van der Waals surface area contributed by atoms with Crippen molar-refractivity contribution in [2.45, 2.75) is 12.8 Å². The standard InChI is InChI=1S/C14H16N4O/c1-19-13-6-8-16-14(18-13)17-11-4-5-12-10(9-11)3-2-7-15-12/h4-6,8-9,15H,2-3,7H2,1H3,(H,16,17,18). The average Bonchev–Trinajstić information content (AvgIpc) is 2.47. The van der Waals surface area contributed by atoms with E-state index in [4.69, 9.17) is 4.74 Å². The van der Waals surface area contributed by atoms with E-state index < -0.39 is 0 Å². The summed E-state index contributed by atoms with van der Waals surface area (Å²) >= 11 is 0. The lowest BCUT2D eigenvalue weighted by atomic mass is 10.0. The summed E-state index contributed by atoms with van der Waals surface area (Å²) in [4.78, 5) is 8.42. The summed E-state index contributed by atoms with van der Waals surface area (Å²) in [5, 5.41) is 6.59. The zero-order chi connectivity index (χ0) is 13.1. The molecule has 3 rings (SSSR count). The van der Waals surface area contributed by atoms with E-state index >= 15 is 0 Å². The van der Waals surface area contributed by atoms with Crippen LogP contribution in [-0.2, 0) is 6.42 Å². The molecule has 2 heterocycles. The first-order valence-corrected chi connectivity index (χ1v) is 6.36. The Morgan fingerprint density at radius 1 is 1.32 bits per heavy atom. The van der Waals surface area contributed by atoms with E-state index in [0.29, 0.717) is 11.8 Å². The first-order valence-electron chi connectivity index (χ1n) is 6.36. The number of anilines is 3. The molecule has 1 aliphatic heterocycles. The van der Waals surface area contributed by atoms with E-state index in [0.717, 1.165) is 18.7 Å². The lowest BCUT2D eigenvalue weighted by Gasteiger charge is -2.18. The Morgan fingerprint density at radius 2 is 2.26 bits per heavy atom. The van der Waals surface area contributed by atoms with Crippen LogP contribution in [0.3, 0.4) is 0 Å². The molecule has 2 aromatic rings. The van der Waals surface area contributed by atoms with Crippen molar-refractivity contribution in [3.63, 3.8) is 0 Å². The second-order valence-corrected chi connectivity index (χ2v) is 4.45. The van der Waals surface area contributed by atoms with Gasteiger partial charge in [0.05, 0.1) is 7.11 Å². The lowest BCUT2D eigenvalue weighted by Crippen LogP contribution is -2.11. The summed E-state index contributed by atoms with van der Waals surface area (Å²) in [5.74, 6) is 1.10. The molecule has 0 radical (unpaired) electrons. The molecule has 1 aliphatic rings. The van der Waals surface area contributed by atoms with Gasteiger partial charge in [-0.2, -0.15) is 4.98 Å². The molecule has 1 aromatic carbocycles. The van der Waals surface area contributed by atoms with Gasteiger partial charge in [-0.1, -0.05) is 0 Å². The largest absolute Gasteiger partial charge is 0.481 e. The SMILES string of the molecule is COc1ccnc(Nc2ccc3c(c2)CCCN3)n1. The normalized spacial score (nSPS) is 13.3. The van der Waals surface area contributed by atoms with E-state index in [-0.39, 0.29) is 0 Å². The van der Waals surface area contributed by atoms with Crippen LogP contribution in [-0.4, -0.2) is 23.6 Å². The minimum atomic E-state index is 0.545. The molecule has 0 saturated carbocycles. The molecule has 5 nitrogen and oxygen atoms in total. The molecule has 19 heavy (non-hydrogen) atoms. The van der Waals surface area contributed by atoms with Crippen molar-refractivity contribution in [2.75, 3.05) is 24.3 Å². The fourth-order valence-electron chi connectivity index (χ4n) is 2.20. The van der Waals surface area contributed by atoms with Crippen LogP contribution < -0.4 is 15.4 Å². The number of fused-ring (bicyclic) bond motifs is 1. The molecule has 2 N–H and O–H groups in total. The summed E-state index contributed by atoms with van der Waals surface area (Å²) in [7, 11) is 1.59. The summed E-state index contributed by atoms with van der Waals surface area (Å²) < 4.78 is 5.08. The highest BCUT2D eigenvalue weighted by molar-refractivity contribution is 5.63. The zero-order valence-electron chi connectivity index (χ0n) is 10.8. The van der Waals surface area contributed by atoms with E-state index in [1.54, 1.807) is 19.4 Å². The van der Waals surface area contributed by atoms with Crippen LogP contribution in [0.2, 0.25) is 0 Å². The third kappa shape index (κ3) is 2.59. The van der Waals surface area contributed by atoms with Gasteiger partial charge in [0.25, 0.3) is 0 Å². The maximum Gasteiger partial charge on any atom is 0.230 e. The highest BCUT2D eigenvalue weighted by Crippen LogP contribution is 2.26. The molecule has 0 atom stereocenters. The number of hydrogen-bond donors (Lipinski definition) is 2. The predicted octanol–water partition coefficient (Wildman–Crippen LogP) is 2.59. The zero-order valence-corrected chi connectivity index (χ0v) is 10.8. The van der Waals surface area contributed by atoms with Crippen molar-refractivity contribution in [1.29, 1.82) is 0 Å². The van der Waals surface area contributed by atoms with Crippen molar-refractivity contribution >= 4 is 17.3 Å². The van der Waals surface area contributed by atoms with Crippen molar-refractivity contribution in [3.8, 4) is 5.88 Å². The average molecular weight is 256 g/mol.